The molecular formula is C18H28Br2. The van der Waals surface area contributed by atoms with Crippen LogP contribution in [0.3, 0.4) is 0 Å². The fourth-order valence-electron chi connectivity index (χ4n) is 2.43. The first kappa shape index (κ1) is 18.2. The van der Waals surface area contributed by atoms with Crippen molar-refractivity contribution >= 4 is 31.9 Å². The molecule has 2 heteroatoms. The Labute approximate surface area is 142 Å². The van der Waals surface area contributed by atoms with E-state index >= 15 is 0 Å². The van der Waals surface area contributed by atoms with E-state index < -0.39 is 0 Å². The summed E-state index contributed by atoms with van der Waals surface area (Å²) in [7, 11) is 0. The molecule has 0 aliphatic carbocycles. The standard InChI is InChI=1S/C18H28Br2/c1-7-18(6,8-2)12-14-10-15(19)13(9-16(14)20)11-17(3,4)5/h9-10H,7-8,11-12H2,1-6H3. The lowest BCUT2D eigenvalue weighted by Crippen LogP contribution is -2.18. The third kappa shape index (κ3) is 5.18. The Kier molecular flexibility index (Phi) is 6.34. The normalized spacial score (nSPS) is 12.8. The Hall–Kier alpha value is 0.180. The summed E-state index contributed by atoms with van der Waals surface area (Å²) in [5.74, 6) is 0. The molecule has 0 amide bonds. The lowest BCUT2D eigenvalue weighted by Gasteiger charge is -2.28. The number of benzene rings is 1. The van der Waals surface area contributed by atoms with Gasteiger partial charge in [-0.25, -0.2) is 0 Å². The van der Waals surface area contributed by atoms with Crippen LogP contribution in [0.15, 0.2) is 21.1 Å². The molecule has 0 atom stereocenters. The maximum atomic E-state index is 3.78. The molecule has 0 N–H and O–H groups in total. The summed E-state index contributed by atoms with van der Waals surface area (Å²) in [4.78, 5) is 0. The van der Waals surface area contributed by atoms with Gasteiger partial charge in [0.05, 0.1) is 0 Å². The molecule has 0 unspecified atom stereocenters. The van der Waals surface area contributed by atoms with Crippen LogP contribution in [-0.2, 0) is 12.8 Å². The molecule has 0 nitrogen and oxygen atoms in total. The third-order valence-electron chi connectivity index (χ3n) is 4.26. The molecule has 0 saturated carbocycles. The molecule has 1 rings (SSSR count). The third-order valence-corrected chi connectivity index (χ3v) is 5.74. The van der Waals surface area contributed by atoms with Crippen molar-refractivity contribution in [2.75, 3.05) is 0 Å². The van der Waals surface area contributed by atoms with E-state index in [9.17, 15) is 0 Å². The van der Waals surface area contributed by atoms with Crippen molar-refractivity contribution in [3.8, 4) is 0 Å². The first-order chi connectivity index (χ1) is 9.10. The molecule has 1 aromatic rings. The van der Waals surface area contributed by atoms with Gasteiger partial charge in [0.25, 0.3) is 0 Å². The highest BCUT2D eigenvalue weighted by Gasteiger charge is 2.22. The minimum atomic E-state index is 0.310. The zero-order valence-electron chi connectivity index (χ0n) is 13.7. The topological polar surface area (TPSA) is 0 Å². The second-order valence-corrected chi connectivity index (χ2v) is 9.18. The molecule has 20 heavy (non-hydrogen) atoms. The highest BCUT2D eigenvalue weighted by molar-refractivity contribution is 9.11. The second kappa shape index (κ2) is 6.96. The molecule has 0 bridgehead atoms. The molecule has 1 aromatic carbocycles. The molecule has 0 spiro atoms. The first-order valence-electron chi connectivity index (χ1n) is 7.57. The average Bonchev–Trinajstić information content (AvgIpc) is 2.33. The van der Waals surface area contributed by atoms with Crippen LogP contribution in [0.4, 0.5) is 0 Å². The van der Waals surface area contributed by atoms with Gasteiger partial charge in [-0.2, -0.15) is 0 Å². The Balaban J connectivity index is 3.05. The SMILES string of the molecule is CCC(C)(CC)Cc1cc(Br)c(CC(C)(C)C)cc1Br. The van der Waals surface area contributed by atoms with Crippen LogP contribution in [0.25, 0.3) is 0 Å². The summed E-state index contributed by atoms with van der Waals surface area (Å²) in [5, 5.41) is 0. The van der Waals surface area contributed by atoms with Crippen LogP contribution in [-0.4, -0.2) is 0 Å². The molecule has 0 fully saturated rings. The van der Waals surface area contributed by atoms with Gasteiger partial charge < -0.3 is 0 Å². The maximum Gasteiger partial charge on any atom is 0.0211 e. The smallest absolute Gasteiger partial charge is 0.0211 e. The molecule has 114 valence electrons. The van der Waals surface area contributed by atoms with Gasteiger partial charge in [0, 0.05) is 8.95 Å². The van der Waals surface area contributed by atoms with Gasteiger partial charge in [0.15, 0.2) is 0 Å². The van der Waals surface area contributed by atoms with E-state index in [1.165, 1.54) is 32.9 Å². The largest absolute Gasteiger partial charge is 0.0649 e. The molecule has 0 aromatic heterocycles. The molecule has 0 aliphatic rings. The minimum absolute atomic E-state index is 0.310. The van der Waals surface area contributed by atoms with Gasteiger partial charge in [-0.15, -0.1) is 0 Å². The van der Waals surface area contributed by atoms with Crippen LogP contribution in [0.1, 0.15) is 65.5 Å². The van der Waals surface area contributed by atoms with E-state index in [1.54, 1.807) is 0 Å². The Morgan fingerprint density at radius 3 is 1.55 bits per heavy atom. The average molecular weight is 404 g/mol. The molecule has 0 aliphatic heterocycles. The summed E-state index contributed by atoms with van der Waals surface area (Å²) in [5.41, 5.74) is 3.52. The summed E-state index contributed by atoms with van der Waals surface area (Å²) >= 11 is 7.54. The monoisotopic (exact) mass is 402 g/mol. The van der Waals surface area contributed by atoms with E-state index in [-0.39, 0.29) is 0 Å². The van der Waals surface area contributed by atoms with Crippen molar-refractivity contribution in [1.82, 2.24) is 0 Å². The van der Waals surface area contributed by atoms with Crippen molar-refractivity contribution in [1.29, 1.82) is 0 Å². The first-order valence-corrected chi connectivity index (χ1v) is 9.15. The fraction of sp³-hybridized carbons (Fsp3) is 0.667. The number of hydrogen-bond acceptors (Lipinski definition) is 0. The highest BCUT2D eigenvalue weighted by atomic mass is 79.9. The van der Waals surface area contributed by atoms with Gasteiger partial charge in [0.2, 0.25) is 0 Å². The van der Waals surface area contributed by atoms with Gasteiger partial charge >= 0.3 is 0 Å². The molecule has 0 radical (unpaired) electrons. The Bertz CT molecular complexity index is 451. The second-order valence-electron chi connectivity index (χ2n) is 7.47. The summed E-state index contributed by atoms with van der Waals surface area (Å²) in [6.45, 7) is 13.8. The molecule has 0 saturated heterocycles. The van der Waals surface area contributed by atoms with Crippen LogP contribution in [0, 0.1) is 10.8 Å². The van der Waals surface area contributed by atoms with Crippen molar-refractivity contribution in [3.63, 3.8) is 0 Å². The number of rotatable bonds is 5. The van der Waals surface area contributed by atoms with Crippen LogP contribution in [0.5, 0.6) is 0 Å². The van der Waals surface area contributed by atoms with Crippen molar-refractivity contribution in [2.24, 2.45) is 10.8 Å². The predicted octanol–water partition coefficient (Wildman–Crippen LogP) is 7.17. The summed E-state index contributed by atoms with van der Waals surface area (Å²) < 4.78 is 2.51. The maximum absolute atomic E-state index is 3.78. The highest BCUT2D eigenvalue weighted by Crippen LogP contribution is 2.36. The Morgan fingerprint density at radius 2 is 1.20 bits per heavy atom. The van der Waals surface area contributed by atoms with Crippen molar-refractivity contribution in [3.05, 3.63) is 32.2 Å². The van der Waals surface area contributed by atoms with Crippen molar-refractivity contribution < 1.29 is 0 Å². The zero-order chi connectivity index (χ0) is 15.6. The van der Waals surface area contributed by atoms with Crippen LogP contribution in [0.2, 0.25) is 0 Å². The van der Waals surface area contributed by atoms with Gasteiger partial charge in [-0.3, -0.25) is 0 Å². The quantitative estimate of drug-likeness (QED) is 0.488. The van der Waals surface area contributed by atoms with E-state index in [0.29, 0.717) is 10.8 Å². The van der Waals surface area contributed by atoms with E-state index in [0.717, 1.165) is 12.8 Å². The number of hydrogen-bond donors (Lipinski definition) is 0. The van der Waals surface area contributed by atoms with Crippen LogP contribution < -0.4 is 0 Å². The van der Waals surface area contributed by atoms with Gasteiger partial charge in [-0.05, 0) is 46.9 Å². The minimum Gasteiger partial charge on any atom is -0.0649 e. The van der Waals surface area contributed by atoms with Gasteiger partial charge in [-0.1, -0.05) is 86.2 Å². The Morgan fingerprint density at radius 1 is 0.800 bits per heavy atom. The van der Waals surface area contributed by atoms with E-state index in [4.69, 9.17) is 0 Å². The van der Waals surface area contributed by atoms with E-state index in [1.807, 2.05) is 0 Å². The zero-order valence-corrected chi connectivity index (χ0v) is 16.9. The van der Waals surface area contributed by atoms with Crippen LogP contribution >= 0.6 is 31.9 Å². The summed E-state index contributed by atoms with van der Waals surface area (Å²) in [6.07, 6.45) is 4.66. The lowest BCUT2D eigenvalue weighted by atomic mass is 9.78. The summed E-state index contributed by atoms with van der Waals surface area (Å²) in [6, 6.07) is 4.62. The van der Waals surface area contributed by atoms with E-state index in [2.05, 4.69) is 85.5 Å². The fourth-order valence-corrected chi connectivity index (χ4v) is 3.49. The van der Waals surface area contributed by atoms with Gasteiger partial charge in [0.1, 0.15) is 0 Å². The molecular weight excluding hydrogens is 376 g/mol. The van der Waals surface area contributed by atoms with Crippen molar-refractivity contribution in [2.45, 2.75) is 67.2 Å². The number of halogens is 2. The predicted molar refractivity (Wildman–Crippen MR) is 97.4 cm³/mol. The molecule has 0 heterocycles. The lowest BCUT2D eigenvalue weighted by molar-refractivity contribution is 0.295.